The fraction of sp³-hybridized carbons (Fsp3) is 0.600. The van der Waals surface area contributed by atoms with Crippen LogP contribution in [0.25, 0.3) is 0 Å². The predicted molar refractivity (Wildman–Crippen MR) is 80.5 cm³/mol. The van der Waals surface area contributed by atoms with E-state index in [1.807, 2.05) is 45.0 Å². The Morgan fingerprint density at radius 1 is 1.43 bits per heavy atom. The summed E-state index contributed by atoms with van der Waals surface area (Å²) in [5, 5.41) is 0. The molecule has 2 nitrogen and oxygen atoms in total. The van der Waals surface area contributed by atoms with Crippen molar-refractivity contribution in [2.24, 2.45) is 0 Å². The van der Waals surface area contributed by atoms with E-state index in [1.54, 1.807) is 0 Å². The maximum atomic E-state index is 14.3. The first-order valence-corrected chi connectivity index (χ1v) is 18.4. The van der Waals surface area contributed by atoms with E-state index in [9.17, 15) is 8.60 Å². The molecule has 2 rings (SSSR count). The van der Waals surface area contributed by atoms with Crippen LogP contribution in [0.5, 0.6) is 0 Å². The molecule has 0 N–H and O–H groups in total. The molecule has 21 heavy (non-hydrogen) atoms. The minimum atomic E-state index is -1.57. The van der Waals surface area contributed by atoms with Gasteiger partial charge in [0.25, 0.3) is 0 Å². The number of rotatable bonds is 4. The zero-order valence-corrected chi connectivity index (χ0v) is 19.7. The molecule has 6 heteroatoms. The van der Waals surface area contributed by atoms with Crippen LogP contribution in [0.3, 0.4) is 0 Å². The van der Waals surface area contributed by atoms with Crippen molar-refractivity contribution in [2.45, 2.75) is 53.4 Å². The van der Waals surface area contributed by atoms with Gasteiger partial charge in [-0.25, -0.2) is 0 Å². The average molecular weight is 519 g/mol. The van der Waals surface area contributed by atoms with Gasteiger partial charge in [0.05, 0.1) is 0 Å². The van der Waals surface area contributed by atoms with Crippen molar-refractivity contribution in [1.29, 1.82) is 0 Å². The summed E-state index contributed by atoms with van der Waals surface area (Å²) in [7, 11) is 4.87. The van der Waals surface area contributed by atoms with Crippen LogP contribution in [0.1, 0.15) is 25.8 Å². The van der Waals surface area contributed by atoms with E-state index < -0.39 is 46.4 Å². The molecule has 0 aliphatic carbocycles. The van der Waals surface area contributed by atoms with Crippen LogP contribution >= 0.6 is 8.25 Å². The van der Waals surface area contributed by atoms with Gasteiger partial charge in [0.2, 0.25) is 0 Å². The molecule has 1 aliphatic heterocycles. The van der Waals surface area contributed by atoms with Gasteiger partial charge >= 0.3 is 145 Å². The molecular weight excluding hydrogens is 499 g/mol. The van der Waals surface area contributed by atoms with Crippen LogP contribution in [0, 0.1) is 6.92 Å². The Morgan fingerprint density at radius 2 is 2.05 bits per heavy atom. The molecule has 0 aromatic heterocycles. The van der Waals surface area contributed by atoms with Gasteiger partial charge in [-0.3, -0.25) is 0 Å². The second-order valence-electron chi connectivity index (χ2n) is 6.19. The molecule has 1 aromatic carbocycles. The Morgan fingerprint density at radius 3 is 2.62 bits per heavy atom. The summed E-state index contributed by atoms with van der Waals surface area (Å²) in [6.45, 7) is 5.94. The van der Waals surface area contributed by atoms with Crippen LogP contribution in [0.2, 0.25) is 3.43 Å². The number of hydrogen-bond acceptors (Lipinski definition) is 2. The van der Waals surface area contributed by atoms with E-state index in [0.717, 1.165) is 10.5 Å². The van der Waals surface area contributed by atoms with Crippen molar-refractivity contribution in [3.8, 4) is 0 Å². The summed E-state index contributed by atoms with van der Waals surface area (Å²) in [6, 6.07) is 7.52. The van der Waals surface area contributed by atoms with Crippen molar-refractivity contribution in [1.82, 2.24) is 0 Å². The van der Waals surface area contributed by atoms with Crippen molar-refractivity contribution in [3.05, 3.63) is 29.8 Å². The van der Waals surface area contributed by atoms with Crippen molar-refractivity contribution < 1.29 is 36.7 Å². The summed E-state index contributed by atoms with van der Waals surface area (Å²) in [6.07, 6.45) is -1.19. The van der Waals surface area contributed by atoms with Crippen molar-refractivity contribution in [2.75, 3.05) is 5.75 Å². The molecule has 1 aliphatic rings. The number of aryl methyl sites for hydroxylation is 1. The second-order valence-corrected chi connectivity index (χ2v) is 15.4. The third-order valence-corrected chi connectivity index (χ3v) is 15.4. The number of alkyl halides is 1. The minimum absolute atomic E-state index is 0.207. The molecule has 0 bridgehead atoms. The summed E-state index contributed by atoms with van der Waals surface area (Å²) < 4.78 is 32.8. The van der Waals surface area contributed by atoms with Gasteiger partial charge in [-0.1, -0.05) is 0 Å². The predicted octanol–water partition coefficient (Wildman–Crippen LogP) is 4.03. The summed E-state index contributed by atoms with van der Waals surface area (Å²) in [5.74, 6) is 0.208. The maximum absolute atomic E-state index is 14.3. The fourth-order valence-electron chi connectivity index (χ4n) is 2.59. The van der Waals surface area contributed by atoms with Gasteiger partial charge in [-0.2, -0.15) is 0 Å². The molecule has 114 valence electrons. The van der Waals surface area contributed by atoms with Gasteiger partial charge in [-0.15, -0.1) is 0 Å². The molecule has 4 atom stereocenters. The zero-order valence-electron chi connectivity index (χ0n) is 12.6. The van der Waals surface area contributed by atoms with E-state index in [1.165, 1.54) is 0 Å². The van der Waals surface area contributed by atoms with E-state index in [2.05, 4.69) is 0 Å². The quantitative estimate of drug-likeness (QED) is 0.562. The number of ether oxygens (including phenoxy) is 1. The molecule has 0 spiro atoms. The van der Waals surface area contributed by atoms with Crippen LogP contribution in [-0.2, 0) is 38.9 Å². The first kappa shape index (κ1) is 17.8. The number of halogens is 2. The molecule has 1 aromatic rings. The molecular formula is C15H20ClFHgO2S. The van der Waals surface area contributed by atoms with E-state index in [4.69, 9.17) is 13.0 Å². The summed E-state index contributed by atoms with van der Waals surface area (Å²) in [5.41, 5.74) is 0.737. The third-order valence-electron chi connectivity index (χ3n) is 4.14. The first-order chi connectivity index (χ1) is 9.83. The normalized spacial score (nSPS) is 29.7. The second kappa shape index (κ2) is 7.37. The Labute approximate surface area is 144 Å². The number of hydrogen-bond donors (Lipinski definition) is 0. The topological polar surface area (TPSA) is 26.3 Å². The Bertz CT molecular complexity index is 509. The molecule has 1 unspecified atom stereocenters. The molecule has 1 heterocycles. The van der Waals surface area contributed by atoms with Crippen molar-refractivity contribution in [3.63, 3.8) is 0 Å². The summed E-state index contributed by atoms with van der Waals surface area (Å²) in [4.78, 5) is 0.730. The van der Waals surface area contributed by atoms with Crippen LogP contribution in [0.4, 0.5) is 4.39 Å². The molecule has 1 saturated heterocycles. The SMILES string of the molecule is Cc1ccc(S(=O)C[C@H]2OC(C)(C)[C@H]([Hg][Cl])C[C@H]2F)cc1. The van der Waals surface area contributed by atoms with Crippen LogP contribution < -0.4 is 0 Å². The number of benzene rings is 1. The molecule has 1 fully saturated rings. The van der Waals surface area contributed by atoms with Gasteiger partial charge < -0.3 is 0 Å². The molecule has 0 amide bonds. The summed E-state index contributed by atoms with van der Waals surface area (Å²) >= 11 is -1.57. The molecule has 0 radical (unpaired) electrons. The van der Waals surface area contributed by atoms with Gasteiger partial charge in [0.1, 0.15) is 0 Å². The van der Waals surface area contributed by atoms with E-state index >= 15 is 0 Å². The Balaban J connectivity index is 2.05. The average Bonchev–Trinajstić information content (AvgIpc) is 2.42. The Kier molecular flexibility index (Phi) is 6.26. The monoisotopic (exact) mass is 520 g/mol. The Hall–Kier alpha value is 0.485. The van der Waals surface area contributed by atoms with Gasteiger partial charge in [0, 0.05) is 0 Å². The van der Waals surface area contributed by atoms with Crippen LogP contribution in [0.15, 0.2) is 29.2 Å². The third kappa shape index (κ3) is 4.49. The van der Waals surface area contributed by atoms with E-state index in [-0.39, 0.29) is 14.8 Å². The van der Waals surface area contributed by atoms with Crippen LogP contribution in [-0.4, -0.2) is 27.8 Å². The van der Waals surface area contributed by atoms with Gasteiger partial charge in [-0.05, 0) is 0 Å². The fourth-order valence-corrected chi connectivity index (χ4v) is 11.7. The van der Waals surface area contributed by atoms with Gasteiger partial charge in [0.15, 0.2) is 0 Å². The first-order valence-electron chi connectivity index (χ1n) is 7.16. The standard InChI is InChI=1S/C15H20FO2S.ClH.Hg/c1-11-4-6-12(7-5-11)19(17)10-14-13(16)8-9-15(2,3)18-14;;/h4-7,9,13-14H,8,10H2,1-3H3;1H;/q;;+1/p-1/t13-,14-,19?;;/m1../s1. The van der Waals surface area contributed by atoms with Crippen molar-refractivity contribution >= 4 is 19.0 Å². The molecule has 0 saturated carbocycles. The van der Waals surface area contributed by atoms with E-state index in [0.29, 0.717) is 6.42 Å². The zero-order chi connectivity index (χ0) is 15.6.